The van der Waals surface area contributed by atoms with E-state index < -0.39 is 8.56 Å². The highest BCUT2D eigenvalue weighted by Crippen LogP contribution is 2.14. The Hall–Kier alpha value is 0.227. The van der Waals surface area contributed by atoms with Crippen LogP contribution in [-0.2, 0) is 8.85 Å². The highest BCUT2D eigenvalue weighted by atomic mass is 32.2. The average Bonchev–Trinajstić information content (AvgIpc) is 2.03. The van der Waals surface area contributed by atoms with Gasteiger partial charge in [-0.3, -0.25) is 0 Å². The fourth-order valence-electron chi connectivity index (χ4n) is 0.539. The minimum Gasteiger partial charge on any atom is -0.395 e. The predicted molar refractivity (Wildman–Crippen MR) is 57.5 cm³/mol. The molecule has 4 heteroatoms. The molecule has 0 aliphatic carbocycles. The second kappa shape index (κ2) is 5.80. The molecule has 0 spiro atoms. The highest BCUT2D eigenvalue weighted by molar-refractivity contribution is 8.02. The molecule has 0 heterocycles. The molecule has 0 aliphatic heterocycles. The lowest BCUT2D eigenvalue weighted by atomic mass is 10.6. The summed E-state index contributed by atoms with van der Waals surface area (Å²) in [5.74, 6) is 0. The van der Waals surface area contributed by atoms with Crippen LogP contribution < -0.4 is 0 Å². The van der Waals surface area contributed by atoms with E-state index in [4.69, 9.17) is 8.85 Å². The quantitative estimate of drug-likeness (QED) is 0.644. The molecule has 0 saturated heterocycles. The van der Waals surface area contributed by atoms with Crippen molar-refractivity contribution >= 4 is 20.3 Å². The zero-order chi connectivity index (χ0) is 9.61. The van der Waals surface area contributed by atoms with Crippen LogP contribution in [0.4, 0.5) is 0 Å². The number of rotatable bonds is 5. The lowest BCUT2D eigenvalue weighted by Gasteiger charge is -2.17. The van der Waals surface area contributed by atoms with E-state index in [1.807, 2.05) is 6.55 Å². The number of hydrogen-bond acceptors (Lipinski definition) is 3. The maximum Gasteiger partial charge on any atom is 0.361 e. The van der Waals surface area contributed by atoms with Gasteiger partial charge in [0.1, 0.15) is 0 Å². The molecule has 12 heavy (non-hydrogen) atoms. The zero-order valence-electron chi connectivity index (χ0n) is 8.46. The monoisotopic (exact) mass is 206 g/mol. The van der Waals surface area contributed by atoms with Gasteiger partial charge in [0, 0.05) is 19.5 Å². The van der Waals surface area contributed by atoms with E-state index in [1.54, 1.807) is 26.0 Å². The predicted octanol–water partition coefficient (Wildman–Crippen LogP) is 2.55. The molecular weight excluding hydrogens is 188 g/mol. The maximum absolute atomic E-state index is 5.29. The Bertz CT molecular complexity index is 144. The topological polar surface area (TPSA) is 18.5 Å². The van der Waals surface area contributed by atoms with Crippen molar-refractivity contribution in [3.63, 3.8) is 0 Å². The largest absolute Gasteiger partial charge is 0.395 e. The van der Waals surface area contributed by atoms with Gasteiger partial charge in [0.05, 0.1) is 0 Å². The Morgan fingerprint density at radius 2 is 1.75 bits per heavy atom. The van der Waals surface area contributed by atoms with E-state index in [9.17, 15) is 0 Å². The summed E-state index contributed by atoms with van der Waals surface area (Å²) in [7, 11) is 1.42. The van der Waals surface area contributed by atoms with Gasteiger partial charge in [0.2, 0.25) is 0 Å². The summed E-state index contributed by atoms with van der Waals surface area (Å²) in [5.41, 5.74) is 2.05. The van der Waals surface area contributed by atoms with Gasteiger partial charge < -0.3 is 8.85 Å². The third-order valence-electron chi connectivity index (χ3n) is 1.53. The molecule has 0 radical (unpaired) electrons. The molecule has 72 valence electrons. The molecule has 0 bridgehead atoms. The summed E-state index contributed by atoms with van der Waals surface area (Å²) in [6.45, 7) is 6.34. The van der Waals surface area contributed by atoms with Crippen LogP contribution in [0, 0.1) is 0 Å². The first kappa shape index (κ1) is 12.2. The van der Waals surface area contributed by atoms with Crippen LogP contribution in [0.15, 0.2) is 11.1 Å². The summed E-state index contributed by atoms with van der Waals surface area (Å²) in [6, 6.07) is 0. The van der Waals surface area contributed by atoms with E-state index in [1.165, 1.54) is 0 Å². The molecule has 0 aliphatic rings. The van der Waals surface area contributed by atoms with Crippen LogP contribution >= 0.6 is 11.8 Å². The van der Waals surface area contributed by atoms with Crippen molar-refractivity contribution in [1.29, 1.82) is 0 Å². The summed E-state index contributed by atoms with van der Waals surface area (Å²) >= 11 is 1.78. The first-order chi connectivity index (χ1) is 5.54. The summed E-state index contributed by atoms with van der Waals surface area (Å²) in [5, 5.41) is 2.69. The average molecular weight is 206 g/mol. The van der Waals surface area contributed by atoms with E-state index in [-0.39, 0.29) is 0 Å². The molecule has 0 fully saturated rings. The van der Waals surface area contributed by atoms with Crippen molar-refractivity contribution in [2.45, 2.75) is 25.6 Å². The van der Waals surface area contributed by atoms with E-state index in [2.05, 4.69) is 25.0 Å². The molecule has 0 aromatic carbocycles. The summed E-state index contributed by atoms with van der Waals surface area (Å²) in [4.78, 5) is 0. The molecule has 0 aromatic heterocycles. The van der Waals surface area contributed by atoms with Gasteiger partial charge >= 0.3 is 8.56 Å². The molecule has 0 saturated carbocycles. The molecule has 0 atom stereocenters. The minimum atomic E-state index is -1.97. The van der Waals surface area contributed by atoms with E-state index in [0.717, 1.165) is 0 Å². The van der Waals surface area contributed by atoms with Crippen LogP contribution in [0.2, 0.25) is 6.55 Å². The standard InChI is InChI=1S/C8H18O2SSi/c1-8(2)11-6-7-12(5,9-3)10-4/h6-8H,1-5H3/b7-6-. The van der Waals surface area contributed by atoms with Gasteiger partial charge in [-0.1, -0.05) is 13.8 Å². The van der Waals surface area contributed by atoms with Crippen LogP contribution in [0.3, 0.4) is 0 Å². The molecule has 0 amide bonds. The van der Waals surface area contributed by atoms with Crippen molar-refractivity contribution in [3.8, 4) is 0 Å². The van der Waals surface area contributed by atoms with E-state index in [0.29, 0.717) is 5.25 Å². The number of hydrogen-bond donors (Lipinski definition) is 0. The van der Waals surface area contributed by atoms with Crippen LogP contribution in [-0.4, -0.2) is 28.0 Å². The second-order valence-corrected chi connectivity index (χ2v) is 7.58. The van der Waals surface area contributed by atoms with Gasteiger partial charge in [-0.25, -0.2) is 0 Å². The first-order valence-electron chi connectivity index (χ1n) is 3.97. The Labute approximate surface area is 80.6 Å². The smallest absolute Gasteiger partial charge is 0.361 e. The molecule has 0 unspecified atom stereocenters. The van der Waals surface area contributed by atoms with Gasteiger partial charge in [0.15, 0.2) is 0 Å². The van der Waals surface area contributed by atoms with Gasteiger partial charge in [-0.15, -0.1) is 11.8 Å². The third kappa shape index (κ3) is 4.98. The van der Waals surface area contributed by atoms with E-state index >= 15 is 0 Å². The van der Waals surface area contributed by atoms with Crippen molar-refractivity contribution in [1.82, 2.24) is 0 Å². The Morgan fingerprint density at radius 3 is 2.08 bits per heavy atom. The number of thioether (sulfide) groups is 1. The fraction of sp³-hybridized carbons (Fsp3) is 0.750. The van der Waals surface area contributed by atoms with Gasteiger partial charge in [0.25, 0.3) is 0 Å². The molecule has 0 rings (SSSR count). The third-order valence-corrected chi connectivity index (χ3v) is 5.00. The van der Waals surface area contributed by atoms with Gasteiger partial charge in [-0.05, 0) is 17.7 Å². The van der Waals surface area contributed by atoms with Crippen LogP contribution in [0.25, 0.3) is 0 Å². The Morgan fingerprint density at radius 1 is 1.25 bits per heavy atom. The zero-order valence-corrected chi connectivity index (χ0v) is 10.3. The van der Waals surface area contributed by atoms with Crippen molar-refractivity contribution < 1.29 is 8.85 Å². The lowest BCUT2D eigenvalue weighted by molar-refractivity contribution is 0.264. The van der Waals surface area contributed by atoms with Crippen molar-refractivity contribution in [2.75, 3.05) is 14.2 Å². The first-order valence-corrected chi connectivity index (χ1v) is 7.31. The van der Waals surface area contributed by atoms with Crippen molar-refractivity contribution in [2.24, 2.45) is 0 Å². The Balaban J connectivity index is 3.93. The molecule has 2 nitrogen and oxygen atoms in total. The normalized spacial score (nSPS) is 13.2. The van der Waals surface area contributed by atoms with Gasteiger partial charge in [-0.2, -0.15) is 0 Å². The summed E-state index contributed by atoms with van der Waals surface area (Å²) in [6.07, 6.45) is 0. The minimum absolute atomic E-state index is 0.619. The maximum atomic E-state index is 5.29. The van der Waals surface area contributed by atoms with Crippen molar-refractivity contribution in [3.05, 3.63) is 11.1 Å². The highest BCUT2D eigenvalue weighted by Gasteiger charge is 2.24. The molecular formula is C8H18O2SSi. The fourth-order valence-corrected chi connectivity index (χ4v) is 2.60. The SMILES string of the molecule is CO[Si](C)(/C=C\SC(C)C)OC. The van der Waals surface area contributed by atoms with Crippen LogP contribution in [0.1, 0.15) is 13.8 Å². The summed E-state index contributed by atoms with van der Waals surface area (Å²) < 4.78 is 10.6. The molecule has 0 N–H and O–H groups in total. The van der Waals surface area contributed by atoms with Crippen LogP contribution in [0.5, 0.6) is 0 Å². The lowest BCUT2D eigenvalue weighted by Crippen LogP contribution is -2.33. The Kier molecular flexibility index (Phi) is 5.91. The molecule has 0 aromatic rings. The second-order valence-electron chi connectivity index (χ2n) is 2.91.